The molecule has 1 saturated heterocycles. The molecule has 2 aromatic carbocycles. The topological polar surface area (TPSA) is 66.9 Å². The quantitative estimate of drug-likeness (QED) is 0.656. The Morgan fingerprint density at radius 3 is 2.45 bits per heavy atom. The molecule has 1 fully saturated rings. The average Bonchev–Trinajstić information content (AvgIpc) is 2.68. The third kappa shape index (κ3) is 5.06. The monoisotopic (exact) mass is 480 g/mol. The first-order chi connectivity index (χ1) is 13.7. The summed E-state index contributed by atoms with van der Waals surface area (Å²) in [4.78, 5) is 14.6. The highest BCUT2D eigenvalue weighted by molar-refractivity contribution is 9.10. The van der Waals surface area contributed by atoms with Crippen LogP contribution in [0.5, 0.6) is 0 Å². The van der Waals surface area contributed by atoms with Gasteiger partial charge in [0.05, 0.1) is 17.1 Å². The normalized spacial score (nSPS) is 20.4. The molecule has 2 unspecified atom stereocenters. The van der Waals surface area contributed by atoms with Crippen LogP contribution in [0, 0.1) is 0 Å². The molecule has 1 amide bonds. The Bertz CT molecular complexity index is 986. The minimum Gasteiger partial charge on any atom is -0.373 e. The Hall–Kier alpha value is -1.74. The lowest BCUT2D eigenvalue weighted by atomic mass is 10.1. The van der Waals surface area contributed by atoms with Gasteiger partial charge in [-0.25, -0.2) is 8.42 Å². The summed E-state index contributed by atoms with van der Waals surface area (Å²) < 4.78 is 34.2. The lowest BCUT2D eigenvalue weighted by Crippen LogP contribution is -2.48. The van der Waals surface area contributed by atoms with Gasteiger partial charge in [0.15, 0.2) is 0 Å². The zero-order valence-corrected chi connectivity index (χ0v) is 19.1. The number of amides is 1. The van der Waals surface area contributed by atoms with Crippen LogP contribution in [-0.4, -0.2) is 55.9 Å². The number of halogens is 1. The highest BCUT2D eigenvalue weighted by Crippen LogP contribution is 2.23. The Morgan fingerprint density at radius 1 is 1.14 bits per heavy atom. The summed E-state index contributed by atoms with van der Waals surface area (Å²) in [5.41, 5.74) is 1.32. The third-order valence-corrected chi connectivity index (χ3v) is 7.42. The number of nitrogens with zero attached hydrogens (tertiary/aromatic N) is 2. The molecule has 0 radical (unpaired) electrons. The molecule has 2 aromatic rings. The number of sulfonamides is 1. The molecule has 0 N–H and O–H groups in total. The van der Waals surface area contributed by atoms with Crippen molar-refractivity contribution in [1.82, 2.24) is 9.21 Å². The van der Waals surface area contributed by atoms with E-state index in [1.54, 1.807) is 24.1 Å². The lowest BCUT2D eigenvalue weighted by Gasteiger charge is -2.34. The van der Waals surface area contributed by atoms with Crippen molar-refractivity contribution in [2.24, 2.45) is 0 Å². The Labute approximate surface area is 180 Å². The van der Waals surface area contributed by atoms with Gasteiger partial charge in [0.2, 0.25) is 10.0 Å². The molecule has 1 heterocycles. The van der Waals surface area contributed by atoms with Crippen molar-refractivity contribution in [2.75, 3.05) is 20.1 Å². The van der Waals surface area contributed by atoms with Crippen molar-refractivity contribution in [3.63, 3.8) is 0 Å². The van der Waals surface area contributed by atoms with Crippen molar-refractivity contribution < 1.29 is 17.9 Å². The molecule has 0 aliphatic carbocycles. The summed E-state index contributed by atoms with van der Waals surface area (Å²) in [6.07, 6.45) is -0.345. The van der Waals surface area contributed by atoms with Crippen LogP contribution < -0.4 is 0 Å². The first kappa shape index (κ1) is 22.0. The second-order valence-corrected chi connectivity index (χ2v) is 10.2. The zero-order chi connectivity index (χ0) is 21.2. The van der Waals surface area contributed by atoms with Crippen LogP contribution in [0.3, 0.4) is 0 Å². The van der Waals surface area contributed by atoms with Crippen molar-refractivity contribution >= 4 is 31.9 Å². The van der Waals surface area contributed by atoms with Gasteiger partial charge >= 0.3 is 0 Å². The average molecular weight is 481 g/mol. The Morgan fingerprint density at radius 2 is 1.79 bits per heavy atom. The van der Waals surface area contributed by atoms with E-state index in [1.807, 2.05) is 38.1 Å². The Balaban J connectivity index is 1.81. The van der Waals surface area contributed by atoms with Crippen molar-refractivity contribution in [3.8, 4) is 0 Å². The third-order valence-electron chi connectivity index (χ3n) is 4.82. The van der Waals surface area contributed by atoms with Gasteiger partial charge in [-0.2, -0.15) is 4.31 Å². The van der Waals surface area contributed by atoms with E-state index in [1.165, 1.54) is 16.4 Å². The van der Waals surface area contributed by atoms with Crippen LogP contribution in [0.25, 0.3) is 0 Å². The van der Waals surface area contributed by atoms with Crippen LogP contribution in [0.2, 0.25) is 0 Å². The van der Waals surface area contributed by atoms with Crippen LogP contribution in [0.1, 0.15) is 29.8 Å². The smallest absolute Gasteiger partial charge is 0.253 e. The van der Waals surface area contributed by atoms with E-state index in [-0.39, 0.29) is 23.0 Å². The number of rotatable bonds is 5. The number of morpholine rings is 1. The fraction of sp³-hybridized carbons (Fsp3) is 0.381. The van der Waals surface area contributed by atoms with E-state index < -0.39 is 10.0 Å². The molecular formula is C21H25BrN2O4S. The molecule has 8 heteroatoms. The fourth-order valence-electron chi connectivity index (χ4n) is 3.44. The first-order valence-electron chi connectivity index (χ1n) is 9.43. The maximum atomic E-state index is 13.1. The molecule has 1 aliphatic heterocycles. The molecule has 0 saturated carbocycles. The van der Waals surface area contributed by atoms with E-state index in [0.29, 0.717) is 25.2 Å². The second-order valence-electron chi connectivity index (χ2n) is 7.36. The van der Waals surface area contributed by atoms with Gasteiger partial charge in [-0.1, -0.05) is 40.2 Å². The van der Waals surface area contributed by atoms with E-state index >= 15 is 0 Å². The lowest BCUT2D eigenvalue weighted by molar-refractivity contribution is -0.0440. The number of hydrogen-bond acceptors (Lipinski definition) is 4. The minimum absolute atomic E-state index is 0.124. The summed E-state index contributed by atoms with van der Waals surface area (Å²) >= 11 is 3.49. The number of hydrogen-bond donors (Lipinski definition) is 0. The van der Waals surface area contributed by atoms with Gasteiger partial charge < -0.3 is 9.64 Å². The summed E-state index contributed by atoms with van der Waals surface area (Å²) in [5.74, 6) is -0.235. The predicted octanol–water partition coefficient (Wildman–Crippen LogP) is 3.52. The minimum atomic E-state index is -3.70. The number of carbonyl (C=O) groups is 1. The van der Waals surface area contributed by atoms with Crippen LogP contribution in [-0.2, 0) is 21.3 Å². The largest absolute Gasteiger partial charge is 0.373 e. The van der Waals surface area contributed by atoms with Crippen LogP contribution in [0.4, 0.5) is 0 Å². The molecule has 156 valence electrons. The van der Waals surface area contributed by atoms with Gasteiger partial charge in [0, 0.05) is 36.7 Å². The fourth-order valence-corrected chi connectivity index (χ4v) is 5.49. The van der Waals surface area contributed by atoms with Crippen molar-refractivity contribution in [2.45, 2.75) is 37.5 Å². The van der Waals surface area contributed by atoms with Gasteiger partial charge in [-0.05, 0) is 43.7 Å². The molecule has 0 aromatic heterocycles. The molecule has 3 rings (SSSR count). The SMILES string of the molecule is CC1CN(S(=O)(=O)c2cccc(C(=O)N(C)Cc3ccccc3Br)c2)CC(C)O1. The van der Waals surface area contributed by atoms with Gasteiger partial charge in [0.1, 0.15) is 0 Å². The van der Waals surface area contributed by atoms with Crippen LogP contribution in [0.15, 0.2) is 57.9 Å². The molecule has 29 heavy (non-hydrogen) atoms. The Kier molecular flexibility index (Phi) is 6.78. The maximum Gasteiger partial charge on any atom is 0.253 e. The van der Waals surface area contributed by atoms with Crippen LogP contribution >= 0.6 is 15.9 Å². The molecule has 6 nitrogen and oxygen atoms in total. The number of carbonyl (C=O) groups excluding carboxylic acids is 1. The molecule has 2 atom stereocenters. The summed E-state index contributed by atoms with van der Waals surface area (Å²) in [6.45, 7) is 4.72. The summed E-state index contributed by atoms with van der Waals surface area (Å²) in [6, 6.07) is 13.9. The molecular weight excluding hydrogens is 456 g/mol. The predicted molar refractivity (Wildman–Crippen MR) is 115 cm³/mol. The summed E-state index contributed by atoms with van der Waals surface area (Å²) in [7, 11) is -2.00. The molecule has 0 spiro atoms. The maximum absolute atomic E-state index is 13.1. The van der Waals surface area contributed by atoms with Crippen molar-refractivity contribution in [1.29, 1.82) is 0 Å². The second kappa shape index (κ2) is 8.95. The summed E-state index contributed by atoms with van der Waals surface area (Å²) in [5, 5.41) is 0. The van der Waals surface area contributed by atoms with E-state index in [2.05, 4.69) is 15.9 Å². The zero-order valence-electron chi connectivity index (χ0n) is 16.7. The number of benzene rings is 2. The van der Waals surface area contributed by atoms with Gasteiger partial charge in [-0.3, -0.25) is 4.79 Å². The van der Waals surface area contributed by atoms with E-state index in [4.69, 9.17) is 4.74 Å². The number of ether oxygens (including phenoxy) is 1. The highest BCUT2D eigenvalue weighted by Gasteiger charge is 2.32. The molecule has 0 bridgehead atoms. The standard InChI is InChI=1S/C21H25BrN2O4S/c1-15-12-24(13-16(2)28-15)29(26,27)19-9-6-8-17(11-19)21(25)23(3)14-18-7-4-5-10-20(18)22/h4-11,15-16H,12-14H2,1-3H3. The molecule has 1 aliphatic rings. The van der Waals surface area contributed by atoms with Gasteiger partial charge in [-0.15, -0.1) is 0 Å². The van der Waals surface area contributed by atoms with E-state index in [0.717, 1.165) is 10.0 Å². The van der Waals surface area contributed by atoms with Crippen molar-refractivity contribution in [3.05, 3.63) is 64.1 Å². The van der Waals surface area contributed by atoms with E-state index in [9.17, 15) is 13.2 Å². The van der Waals surface area contributed by atoms with Gasteiger partial charge in [0.25, 0.3) is 5.91 Å². The first-order valence-corrected chi connectivity index (χ1v) is 11.7. The highest BCUT2D eigenvalue weighted by atomic mass is 79.9.